The molecule has 27 heavy (non-hydrogen) atoms. The first-order valence-electron chi connectivity index (χ1n) is 8.89. The van der Waals surface area contributed by atoms with Crippen molar-refractivity contribution in [3.8, 4) is 5.75 Å². The average molecular weight is 404 g/mol. The number of hydrogen-bond acceptors (Lipinski definition) is 7. The molecule has 1 atom stereocenters. The molecule has 1 aliphatic heterocycles. The summed E-state index contributed by atoms with van der Waals surface area (Å²) in [5.74, 6) is 0.739. The number of aromatic nitrogens is 2. The fourth-order valence-electron chi connectivity index (χ4n) is 3.00. The summed E-state index contributed by atoms with van der Waals surface area (Å²) >= 11 is 6.86. The summed E-state index contributed by atoms with van der Waals surface area (Å²) in [6.07, 6.45) is -0.692. The molecule has 0 amide bonds. The molecule has 0 aliphatic carbocycles. The molecule has 2 aromatic carbocycles. The number of aliphatic hydroxyl groups excluding tert-OH is 1. The molecule has 1 aliphatic rings. The van der Waals surface area contributed by atoms with Crippen molar-refractivity contribution in [2.24, 2.45) is 0 Å². The summed E-state index contributed by atoms with van der Waals surface area (Å²) < 4.78 is 13.5. The zero-order valence-corrected chi connectivity index (χ0v) is 16.4. The summed E-state index contributed by atoms with van der Waals surface area (Å²) in [4.78, 5) is 2.17. The average Bonchev–Trinajstić information content (AvgIpc) is 3.07. The summed E-state index contributed by atoms with van der Waals surface area (Å²) in [5.41, 5.74) is 0. The van der Waals surface area contributed by atoms with Crippen molar-refractivity contribution in [2.75, 3.05) is 37.8 Å². The van der Waals surface area contributed by atoms with Gasteiger partial charge < -0.3 is 19.5 Å². The van der Waals surface area contributed by atoms with E-state index in [4.69, 9.17) is 21.7 Å². The highest BCUT2D eigenvalue weighted by molar-refractivity contribution is 7.73. The summed E-state index contributed by atoms with van der Waals surface area (Å²) in [7, 11) is 0. The van der Waals surface area contributed by atoms with E-state index in [1.54, 1.807) is 4.68 Å². The number of anilines is 1. The van der Waals surface area contributed by atoms with Gasteiger partial charge in [0.2, 0.25) is 5.13 Å². The maximum Gasteiger partial charge on any atom is 0.207 e. The quantitative estimate of drug-likeness (QED) is 0.638. The lowest BCUT2D eigenvalue weighted by atomic mass is 10.1. The Morgan fingerprint density at radius 3 is 2.78 bits per heavy atom. The van der Waals surface area contributed by atoms with Crippen LogP contribution in [0.25, 0.3) is 10.8 Å². The molecule has 6 nitrogen and oxygen atoms in total. The Morgan fingerprint density at radius 2 is 1.96 bits per heavy atom. The Kier molecular flexibility index (Phi) is 5.68. The Bertz CT molecular complexity index is 966. The zero-order chi connectivity index (χ0) is 18.6. The van der Waals surface area contributed by atoms with E-state index in [0.29, 0.717) is 23.7 Å². The van der Waals surface area contributed by atoms with Crippen LogP contribution in [0, 0.1) is 3.95 Å². The van der Waals surface area contributed by atoms with Crippen LogP contribution in [-0.4, -0.2) is 53.9 Å². The van der Waals surface area contributed by atoms with Crippen LogP contribution in [0.2, 0.25) is 0 Å². The molecule has 3 aromatic rings. The van der Waals surface area contributed by atoms with Gasteiger partial charge in [-0.25, -0.2) is 4.68 Å². The van der Waals surface area contributed by atoms with Gasteiger partial charge in [0, 0.05) is 13.1 Å². The largest absolute Gasteiger partial charge is 0.491 e. The van der Waals surface area contributed by atoms with Gasteiger partial charge in [-0.15, -0.1) is 5.10 Å². The van der Waals surface area contributed by atoms with Crippen LogP contribution in [0.3, 0.4) is 0 Å². The van der Waals surface area contributed by atoms with E-state index in [2.05, 4.69) is 16.1 Å². The SMILES string of the molecule is O[C@@H](COc1ccc2ccccc2c1)Cn1nc(N2CCOCC2)sc1=S. The predicted molar refractivity (Wildman–Crippen MR) is 109 cm³/mol. The lowest BCUT2D eigenvalue weighted by molar-refractivity contribution is 0.0890. The normalized spacial score (nSPS) is 15.8. The van der Waals surface area contributed by atoms with E-state index in [0.717, 1.165) is 34.7 Å². The first-order chi connectivity index (χ1) is 13.2. The van der Waals surface area contributed by atoms with Crippen LogP contribution in [0.4, 0.5) is 5.13 Å². The second kappa shape index (κ2) is 8.35. The molecule has 2 heterocycles. The minimum absolute atomic E-state index is 0.185. The van der Waals surface area contributed by atoms with Crippen molar-refractivity contribution < 1.29 is 14.6 Å². The molecule has 0 spiro atoms. The zero-order valence-electron chi connectivity index (χ0n) is 14.8. The van der Waals surface area contributed by atoms with Crippen molar-refractivity contribution in [3.63, 3.8) is 0 Å². The number of aliphatic hydroxyl groups is 1. The van der Waals surface area contributed by atoms with Crippen molar-refractivity contribution >= 4 is 39.5 Å². The van der Waals surface area contributed by atoms with E-state index >= 15 is 0 Å². The Balaban J connectivity index is 1.36. The molecule has 0 unspecified atom stereocenters. The van der Waals surface area contributed by atoms with Gasteiger partial charge in [0.15, 0.2) is 3.95 Å². The number of fused-ring (bicyclic) bond motifs is 1. The third-order valence-electron chi connectivity index (χ3n) is 4.42. The van der Waals surface area contributed by atoms with Gasteiger partial charge in [0.05, 0.1) is 19.8 Å². The molecule has 142 valence electrons. The van der Waals surface area contributed by atoms with Crippen LogP contribution in [0.1, 0.15) is 0 Å². The third kappa shape index (κ3) is 4.47. The molecule has 0 saturated carbocycles. The fraction of sp³-hybridized carbons (Fsp3) is 0.368. The Labute approximate surface area is 166 Å². The van der Waals surface area contributed by atoms with Gasteiger partial charge in [0.25, 0.3) is 0 Å². The van der Waals surface area contributed by atoms with E-state index in [9.17, 15) is 5.11 Å². The molecule has 0 radical (unpaired) electrons. The second-order valence-corrected chi connectivity index (χ2v) is 8.01. The van der Waals surface area contributed by atoms with E-state index < -0.39 is 6.10 Å². The molecule has 1 saturated heterocycles. The van der Waals surface area contributed by atoms with Crippen molar-refractivity contribution in [1.82, 2.24) is 9.78 Å². The topological polar surface area (TPSA) is 59.8 Å². The van der Waals surface area contributed by atoms with E-state index in [1.165, 1.54) is 11.3 Å². The highest BCUT2D eigenvalue weighted by Crippen LogP contribution is 2.22. The molecule has 1 aromatic heterocycles. The second-order valence-electron chi connectivity index (χ2n) is 6.41. The van der Waals surface area contributed by atoms with Gasteiger partial charge >= 0.3 is 0 Å². The smallest absolute Gasteiger partial charge is 0.207 e. The lowest BCUT2D eigenvalue weighted by Crippen LogP contribution is -2.36. The molecule has 0 bridgehead atoms. The van der Waals surface area contributed by atoms with Gasteiger partial charge in [-0.05, 0) is 35.1 Å². The number of ether oxygens (including phenoxy) is 2. The monoisotopic (exact) mass is 403 g/mol. The molecule has 4 rings (SSSR count). The minimum atomic E-state index is -0.692. The third-order valence-corrected chi connectivity index (χ3v) is 5.79. The molecule has 1 fully saturated rings. The minimum Gasteiger partial charge on any atom is -0.491 e. The number of hydrogen-bond donors (Lipinski definition) is 1. The highest BCUT2D eigenvalue weighted by atomic mass is 32.1. The number of benzene rings is 2. The standard InChI is InChI=1S/C19H21N3O3S2/c23-16(13-25-17-6-5-14-3-1-2-4-15(14)11-17)12-22-19(26)27-18(20-22)21-7-9-24-10-8-21/h1-6,11,16,23H,7-10,12-13H2/t16-/m1/s1. The summed E-state index contributed by atoms with van der Waals surface area (Å²) in [5, 5.41) is 18.1. The molecular weight excluding hydrogens is 382 g/mol. The summed E-state index contributed by atoms with van der Waals surface area (Å²) in [6, 6.07) is 14.0. The first kappa shape index (κ1) is 18.4. The van der Waals surface area contributed by atoms with Gasteiger partial charge in [-0.2, -0.15) is 0 Å². The van der Waals surface area contributed by atoms with Crippen LogP contribution in [-0.2, 0) is 11.3 Å². The van der Waals surface area contributed by atoms with Gasteiger partial charge in [-0.1, -0.05) is 41.7 Å². The van der Waals surface area contributed by atoms with Gasteiger partial charge in [-0.3, -0.25) is 0 Å². The maximum absolute atomic E-state index is 10.4. The van der Waals surface area contributed by atoms with Crippen molar-refractivity contribution in [1.29, 1.82) is 0 Å². The van der Waals surface area contributed by atoms with E-state index in [1.807, 2.05) is 36.4 Å². The highest BCUT2D eigenvalue weighted by Gasteiger charge is 2.17. The Morgan fingerprint density at radius 1 is 1.19 bits per heavy atom. The van der Waals surface area contributed by atoms with Crippen molar-refractivity contribution in [3.05, 3.63) is 46.4 Å². The molecule has 8 heteroatoms. The van der Waals surface area contributed by atoms with E-state index in [-0.39, 0.29) is 6.61 Å². The predicted octanol–water partition coefficient (Wildman–Crippen LogP) is 3.10. The fourth-order valence-corrected chi connectivity index (χ4v) is 4.16. The summed E-state index contributed by atoms with van der Waals surface area (Å²) in [6.45, 7) is 3.53. The number of rotatable bonds is 6. The van der Waals surface area contributed by atoms with Crippen LogP contribution >= 0.6 is 23.6 Å². The first-order valence-corrected chi connectivity index (χ1v) is 10.1. The maximum atomic E-state index is 10.4. The Hall–Kier alpha value is -2.00. The van der Waals surface area contributed by atoms with Crippen LogP contribution in [0.5, 0.6) is 5.75 Å². The van der Waals surface area contributed by atoms with Crippen molar-refractivity contribution in [2.45, 2.75) is 12.6 Å². The lowest BCUT2D eigenvalue weighted by Gasteiger charge is -2.25. The van der Waals surface area contributed by atoms with Gasteiger partial charge in [0.1, 0.15) is 18.5 Å². The molecule has 1 N–H and O–H groups in total. The molecular formula is C19H21N3O3S2. The van der Waals surface area contributed by atoms with Crippen LogP contribution < -0.4 is 9.64 Å². The number of morpholine rings is 1. The van der Waals surface area contributed by atoms with Crippen LogP contribution in [0.15, 0.2) is 42.5 Å². The number of nitrogens with zero attached hydrogens (tertiary/aromatic N) is 3.